The molecule has 0 radical (unpaired) electrons. The molecule has 1 aromatic rings. The third-order valence-electron chi connectivity index (χ3n) is 2.73. The second-order valence-corrected chi connectivity index (χ2v) is 3.95. The molecule has 0 saturated heterocycles. The van der Waals surface area contributed by atoms with Crippen molar-refractivity contribution in [1.29, 1.82) is 0 Å². The molecule has 1 unspecified atom stereocenters. The molecule has 1 aliphatic rings. The van der Waals surface area contributed by atoms with Crippen molar-refractivity contribution in [1.82, 2.24) is 0 Å². The van der Waals surface area contributed by atoms with E-state index in [0.717, 1.165) is 12.1 Å². The lowest BCUT2D eigenvalue weighted by molar-refractivity contribution is -0.145. The van der Waals surface area contributed by atoms with Gasteiger partial charge in [0.1, 0.15) is 5.92 Å². The standard InChI is InChI=1S/C11H8F3NO3/c12-11(13,14)6-2-1-5-3-7(10(17)18)9(16)15-8(5)4-6/h1-2,4,7H,3H2,(H,15,16)(H,17,18). The number of hydrogen-bond acceptors (Lipinski definition) is 2. The molecule has 0 saturated carbocycles. The van der Waals surface area contributed by atoms with Crippen LogP contribution in [-0.4, -0.2) is 17.0 Å². The first kappa shape index (κ1) is 12.4. The number of anilines is 1. The van der Waals surface area contributed by atoms with E-state index in [2.05, 4.69) is 5.32 Å². The van der Waals surface area contributed by atoms with Crippen LogP contribution in [0.1, 0.15) is 11.1 Å². The van der Waals surface area contributed by atoms with Crippen molar-refractivity contribution in [2.24, 2.45) is 5.92 Å². The summed E-state index contributed by atoms with van der Waals surface area (Å²) in [5.41, 5.74) is -0.474. The third kappa shape index (κ3) is 2.15. The number of carboxylic acid groups (broad SMARTS) is 1. The Balaban J connectivity index is 2.38. The number of carbonyl (C=O) groups is 2. The van der Waals surface area contributed by atoms with Crippen LogP contribution < -0.4 is 5.32 Å². The van der Waals surface area contributed by atoms with E-state index in [4.69, 9.17) is 5.11 Å². The third-order valence-corrected chi connectivity index (χ3v) is 2.73. The van der Waals surface area contributed by atoms with Crippen LogP contribution in [-0.2, 0) is 22.2 Å². The molecule has 1 atom stereocenters. The second kappa shape index (κ2) is 4.01. The molecule has 4 nitrogen and oxygen atoms in total. The van der Waals surface area contributed by atoms with Gasteiger partial charge < -0.3 is 10.4 Å². The molecule has 2 rings (SSSR count). The highest BCUT2D eigenvalue weighted by Gasteiger charge is 2.35. The summed E-state index contributed by atoms with van der Waals surface area (Å²) >= 11 is 0. The summed E-state index contributed by atoms with van der Waals surface area (Å²) in [5, 5.41) is 11.0. The van der Waals surface area contributed by atoms with Gasteiger partial charge in [0.25, 0.3) is 0 Å². The number of alkyl halides is 3. The minimum atomic E-state index is -4.50. The predicted molar refractivity (Wildman–Crippen MR) is 54.9 cm³/mol. The van der Waals surface area contributed by atoms with Gasteiger partial charge in [-0.1, -0.05) is 6.07 Å². The highest BCUT2D eigenvalue weighted by atomic mass is 19.4. The number of amides is 1. The fourth-order valence-corrected chi connectivity index (χ4v) is 1.78. The Labute approximate surface area is 99.4 Å². The van der Waals surface area contributed by atoms with E-state index in [1.165, 1.54) is 6.07 Å². The molecule has 1 heterocycles. The number of aliphatic carboxylic acids is 1. The molecule has 0 fully saturated rings. The number of hydrogen-bond donors (Lipinski definition) is 2. The molecule has 0 aliphatic carbocycles. The van der Waals surface area contributed by atoms with Crippen molar-refractivity contribution >= 4 is 17.6 Å². The van der Waals surface area contributed by atoms with E-state index in [1.54, 1.807) is 0 Å². The van der Waals surface area contributed by atoms with Gasteiger partial charge >= 0.3 is 12.1 Å². The maximum Gasteiger partial charge on any atom is 0.416 e. The zero-order chi connectivity index (χ0) is 13.5. The molecule has 7 heteroatoms. The summed E-state index contributed by atoms with van der Waals surface area (Å²) < 4.78 is 37.4. The summed E-state index contributed by atoms with van der Waals surface area (Å²) in [6.07, 6.45) is -4.60. The molecule has 18 heavy (non-hydrogen) atoms. The van der Waals surface area contributed by atoms with E-state index >= 15 is 0 Å². The Morgan fingerprint density at radius 2 is 2.06 bits per heavy atom. The van der Waals surface area contributed by atoms with Gasteiger partial charge in [-0.15, -0.1) is 0 Å². The van der Waals surface area contributed by atoms with Crippen LogP contribution in [0.5, 0.6) is 0 Å². The SMILES string of the molecule is O=C(O)C1Cc2ccc(C(F)(F)F)cc2NC1=O. The first-order chi connectivity index (χ1) is 8.29. The van der Waals surface area contributed by atoms with Gasteiger partial charge in [0.05, 0.1) is 5.56 Å². The molecule has 96 valence electrons. The van der Waals surface area contributed by atoms with Crippen LogP contribution in [0, 0.1) is 5.92 Å². The Kier molecular flexibility index (Phi) is 2.76. The van der Waals surface area contributed by atoms with Crippen molar-refractivity contribution in [2.75, 3.05) is 5.32 Å². The molecule has 1 aliphatic heterocycles. The Bertz CT molecular complexity index is 525. The highest BCUT2D eigenvalue weighted by molar-refractivity contribution is 6.06. The van der Waals surface area contributed by atoms with E-state index < -0.39 is 29.5 Å². The first-order valence-electron chi connectivity index (χ1n) is 5.03. The molecule has 0 aromatic heterocycles. The van der Waals surface area contributed by atoms with Crippen molar-refractivity contribution in [2.45, 2.75) is 12.6 Å². The van der Waals surface area contributed by atoms with E-state index in [9.17, 15) is 22.8 Å². The smallest absolute Gasteiger partial charge is 0.416 e. The summed E-state index contributed by atoms with van der Waals surface area (Å²) in [4.78, 5) is 22.1. The van der Waals surface area contributed by atoms with Gasteiger partial charge in [-0.2, -0.15) is 13.2 Å². The Morgan fingerprint density at radius 1 is 1.39 bits per heavy atom. The van der Waals surface area contributed by atoms with Crippen LogP contribution >= 0.6 is 0 Å². The summed E-state index contributed by atoms with van der Waals surface area (Å²) in [7, 11) is 0. The Morgan fingerprint density at radius 3 is 2.61 bits per heavy atom. The average molecular weight is 259 g/mol. The minimum absolute atomic E-state index is 0.0207. The van der Waals surface area contributed by atoms with Crippen molar-refractivity contribution in [3.63, 3.8) is 0 Å². The zero-order valence-electron chi connectivity index (χ0n) is 8.91. The molecular weight excluding hydrogens is 251 g/mol. The lowest BCUT2D eigenvalue weighted by Crippen LogP contribution is -2.35. The van der Waals surface area contributed by atoms with Crippen LogP contribution in [0.3, 0.4) is 0 Å². The molecule has 0 spiro atoms. The van der Waals surface area contributed by atoms with E-state index in [-0.39, 0.29) is 12.1 Å². The second-order valence-electron chi connectivity index (χ2n) is 3.95. The van der Waals surface area contributed by atoms with E-state index in [1.807, 2.05) is 0 Å². The number of rotatable bonds is 1. The lowest BCUT2D eigenvalue weighted by Gasteiger charge is -2.22. The van der Waals surface area contributed by atoms with Crippen molar-refractivity contribution in [3.05, 3.63) is 29.3 Å². The number of halogens is 3. The van der Waals surface area contributed by atoms with Crippen LogP contribution in [0.15, 0.2) is 18.2 Å². The maximum atomic E-state index is 12.5. The molecule has 1 aromatic carbocycles. The van der Waals surface area contributed by atoms with Crippen LogP contribution in [0.2, 0.25) is 0 Å². The Hall–Kier alpha value is -2.05. The minimum Gasteiger partial charge on any atom is -0.481 e. The van der Waals surface area contributed by atoms with E-state index in [0.29, 0.717) is 5.56 Å². The van der Waals surface area contributed by atoms with Gasteiger partial charge in [0, 0.05) is 5.69 Å². The van der Waals surface area contributed by atoms with Gasteiger partial charge in [0.15, 0.2) is 0 Å². The van der Waals surface area contributed by atoms with Crippen molar-refractivity contribution < 1.29 is 27.9 Å². The van der Waals surface area contributed by atoms with Gasteiger partial charge in [-0.3, -0.25) is 9.59 Å². The fraction of sp³-hybridized carbons (Fsp3) is 0.273. The quantitative estimate of drug-likeness (QED) is 0.757. The number of carbonyl (C=O) groups excluding carboxylic acids is 1. The van der Waals surface area contributed by atoms with Gasteiger partial charge in [-0.05, 0) is 24.1 Å². The zero-order valence-corrected chi connectivity index (χ0v) is 8.91. The number of carboxylic acids is 1. The summed E-state index contributed by atoms with van der Waals surface area (Å²) in [6, 6.07) is 2.87. The van der Waals surface area contributed by atoms with Gasteiger partial charge in [-0.25, -0.2) is 0 Å². The fourth-order valence-electron chi connectivity index (χ4n) is 1.78. The largest absolute Gasteiger partial charge is 0.481 e. The summed E-state index contributed by atoms with van der Waals surface area (Å²) in [5.74, 6) is -3.35. The molecule has 1 amide bonds. The monoisotopic (exact) mass is 259 g/mol. The molecule has 0 bridgehead atoms. The summed E-state index contributed by atoms with van der Waals surface area (Å²) in [6.45, 7) is 0. The first-order valence-corrected chi connectivity index (χ1v) is 5.03. The van der Waals surface area contributed by atoms with Crippen LogP contribution in [0.25, 0.3) is 0 Å². The molecular formula is C11H8F3NO3. The predicted octanol–water partition coefficient (Wildman–Crippen LogP) is 1.90. The maximum absolute atomic E-state index is 12.5. The average Bonchev–Trinajstić information content (AvgIpc) is 2.25. The number of nitrogens with one attached hydrogen (secondary N) is 1. The number of fused-ring (bicyclic) bond motifs is 1. The van der Waals surface area contributed by atoms with Crippen LogP contribution in [0.4, 0.5) is 18.9 Å². The lowest BCUT2D eigenvalue weighted by atomic mass is 9.92. The normalized spacial score (nSPS) is 19.1. The number of benzene rings is 1. The van der Waals surface area contributed by atoms with Gasteiger partial charge in [0.2, 0.25) is 5.91 Å². The highest BCUT2D eigenvalue weighted by Crippen LogP contribution is 2.34. The molecule has 2 N–H and O–H groups in total. The van der Waals surface area contributed by atoms with Crippen molar-refractivity contribution in [3.8, 4) is 0 Å². The topological polar surface area (TPSA) is 66.4 Å².